The van der Waals surface area contributed by atoms with Crippen LogP contribution >= 0.6 is 0 Å². The molecule has 132 valence electrons. The molecule has 0 saturated heterocycles. The molecular weight excluding hydrogens is 328 g/mol. The minimum Gasteiger partial charge on any atom is -0.493 e. The molecular formula is C20H20N4O2. The number of hydrogen-bond acceptors (Lipinski definition) is 6. The molecule has 3 N–H and O–H groups in total. The van der Waals surface area contributed by atoms with Crippen molar-refractivity contribution in [2.75, 3.05) is 32.3 Å². The van der Waals surface area contributed by atoms with Gasteiger partial charge in [-0.25, -0.2) is 4.98 Å². The van der Waals surface area contributed by atoms with Gasteiger partial charge in [-0.05, 0) is 24.6 Å². The van der Waals surface area contributed by atoms with E-state index < -0.39 is 0 Å². The summed E-state index contributed by atoms with van der Waals surface area (Å²) in [5, 5.41) is 7.20. The average molecular weight is 348 g/mol. The summed E-state index contributed by atoms with van der Waals surface area (Å²) < 4.78 is 10.9. The molecule has 0 saturated carbocycles. The first kappa shape index (κ1) is 16.2. The van der Waals surface area contributed by atoms with Crippen LogP contribution in [0.2, 0.25) is 0 Å². The van der Waals surface area contributed by atoms with Crippen molar-refractivity contribution >= 4 is 44.1 Å². The van der Waals surface area contributed by atoms with E-state index in [1.807, 2.05) is 44.4 Å². The van der Waals surface area contributed by atoms with Crippen molar-refractivity contribution < 1.29 is 9.47 Å². The normalized spacial score (nSPS) is 11.2. The highest BCUT2D eigenvalue weighted by Gasteiger charge is 2.16. The van der Waals surface area contributed by atoms with Crippen molar-refractivity contribution in [3.63, 3.8) is 0 Å². The number of nitrogens with zero attached hydrogens (tertiary/aromatic N) is 2. The standard InChI is InChI=1S/C20H20N4O2/c1-10-14(21)6-5-11-18-12-7-16(25-3)17(26-4)8-15(12)23-9-13(18)20(22-2)24-19(10)11/h5-9H,21H2,1-4H3,(H,22,24). The highest BCUT2D eigenvalue weighted by atomic mass is 16.5. The number of hydrogen-bond donors (Lipinski definition) is 2. The molecule has 4 aromatic rings. The lowest BCUT2D eigenvalue weighted by atomic mass is 9.99. The third-order valence-corrected chi connectivity index (χ3v) is 4.83. The second-order valence-corrected chi connectivity index (χ2v) is 6.16. The Kier molecular flexibility index (Phi) is 3.68. The Balaban J connectivity index is 2.28. The number of pyridine rings is 2. The van der Waals surface area contributed by atoms with Crippen LogP contribution in [0.3, 0.4) is 0 Å². The van der Waals surface area contributed by atoms with Gasteiger partial charge in [0.05, 0.1) is 25.3 Å². The van der Waals surface area contributed by atoms with E-state index >= 15 is 0 Å². The third kappa shape index (κ3) is 2.19. The number of rotatable bonds is 3. The van der Waals surface area contributed by atoms with E-state index in [1.54, 1.807) is 14.2 Å². The first-order valence-corrected chi connectivity index (χ1v) is 8.30. The third-order valence-electron chi connectivity index (χ3n) is 4.83. The second-order valence-electron chi connectivity index (χ2n) is 6.16. The van der Waals surface area contributed by atoms with Crippen molar-refractivity contribution in [3.8, 4) is 11.5 Å². The quantitative estimate of drug-likeness (QED) is 0.432. The van der Waals surface area contributed by atoms with Gasteiger partial charge in [0.25, 0.3) is 0 Å². The fourth-order valence-corrected chi connectivity index (χ4v) is 3.41. The minimum atomic E-state index is 0.652. The fourth-order valence-electron chi connectivity index (χ4n) is 3.41. The molecule has 2 heterocycles. The number of nitrogens with two attached hydrogens (primary N) is 1. The molecule has 2 aromatic carbocycles. The monoisotopic (exact) mass is 348 g/mol. The van der Waals surface area contributed by atoms with Crippen LogP contribution in [0.1, 0.15) is 5.56 Å². The molecule has 0 aliphatic heterocycles. The van der Waals surface area contributed by atoms with Gasteiger partial charge >= 0.3 is 0 Å². The molecule has 0 spiro atoms. The van der Waals surface area contributed by atoms with Gasteiger partial charge < -0.3 is 20.5 Å². The molecule has 0 aliphatic carbocycles. The zero-order chi connectivity index (χ0) is 18.4. The average Bonchev–Trinajstić information content (AvgIpc) is 2.68. The maximum atomic E-state index is 6.11. The predicted octanol–water partition coefficient (Wildman–Crippen LogP) is 3.89. The number of aromatic nitrogens is 2. The van der Waals surface area contributed by atoms with Crippen LogP contribution < -0.4 is 20.5 Å². The van der Waals surface area contributed by atoms with Gasteiger partial charge in [0, 0.05) is 46.5 Å². The van der Waals surface area contributed by atoms with Crippen LogP contribution in [0, 0.1) is 6.92 Å². The highest BCUT2D eigenvalue weighted by molar-refractivity contribution is 6.22. The number of methoxy groups -OCH3 is 2. The van der Waals surface area contributed by atoms with Gasteiger partial charge in [0.1, 0.15) is 5.82 Å². The Morgan fingerprint density at radius 1 is 1.00 bits per heavy atom. The fraction of sp³-hybridized carbons (Fsp3) is 0.200. The Hall–Kier alpha value is -3.28. The van der Waals surface area contributed by atoms with E-state index in [-0.39, 0.29) is 0 Å². The summed E-state index contributed by atoms with van der Waals surface area (Å²) in [5.74, 6) is 2.09. The molecule has 6 heteroatoms. The zero-order valence-corrected chi connectivity index (χ0v) is 15.2. The highest BCUT2D eigenvalue weighted by Crippen LogP contribution is 2.39. The molecule has 0 fully saturated rings. The molecule has 6 nitrogen and oxygen atoms in total. The molecule has 26 heavy (non-hydrogen) atoms. The maximum absolute atomic E-state index is 6.11. The number of fused-ring (bicyclic) bond motifs is 5. The number of anilines is 2. The summed E-state index contributed by atoms with van der Waals surface area (Å²) in [6, 6.07) is 7.80. The number of ether oxygens (including phenoxy) is 2. The van der Waals surface area contributed by atoms with E-state index in [4.69, 9.17) is 20.2 Å². The lowest BCUT2D eigenvalue weighted by molar-refractivity contribution is 0.356. The van der Waals surface area contributed by atoms with Crippen LogP contribution in [0.4, 0.5) is 11.5 Å². The van der Waals surface area contributed by atoms with Crippen molar-refractivity contribution in [3.05, 3.63) is 36.0 Å². The molecule has 0 bridgehead atoms. The van der Waals surface area contributed by atoms with Gasteiger partial charge in [-0.15, -0.1) is 0 Å². The maximum Gasteiger partial charge on any atom is 0.162 e. The lowest BCUT2D eigenvalue weighted by Crippen LogP contribution is -1.99. The summed E-state index contributed by atoms with van der Waals surface area (Å²) in [6.07, 6.45) is 1.84. The Labute approximate surface area is 150 Å². The Morgan fingerprint density at radius 3 is 2.42 bits per heavy atom. The smallest absolute Gasteiger partial charge is 0.162 e. The van der Waals surface area contributed by atoms with Crippen LogP contribution in [0.25, 0.3) is 32.6 Å². The molecule has 0 aliphatic rings. The van der Waals surface area contributed by atoms with Gasteiger partial charge in [-0.2, -0.15) is 0 Å². The number of nitrogens with one attached hydrogen (secondary N) is 1. The van der Waals surface area contributed by atoms with Gasteiger partial charge in [-0.1, -0.05) is 6.07 Å². The molecule has 4 rings (SSSR count). The summed E-state index contributed by atoms with van der Waals surface area (Å²) in [6.45, 7) is 1.99. The summed E-state index contributed by atoms with van der Waals surface area (Å²) in [7, 11) is 5.11. The number of aryl methyl sites for hydroxylation is 1. The molecule has 0 atom stereocenters. The van der Waals surface area contributed by atoms with Crippen molar-refractivity contribution in [2.24, 2.45) is 0 Å². The van der Waals surface area contributed by atoms with Crippen molar-refractivity contribution in [1.29, 1.82) is 0 Å². The topological polar surface area (TPSA) is 82.3 Å². The van der Waals surface area contributed by atoms with Crippen molar-refractivity contribution in [2.45, 2.75) is 6.92 Å². The SMILES string of the molecule is CNc1nc2c(C)c(N)ccc2c2c1cnc1cc(OC)c(OC)cc12. The molecule has 0 amide bonds. The summed E-state index contributed by atoms with van der Waals surface area (Å²) >= 11 is 0. The van der Waals surface area contributed by atoms with E-state index in [9.17, 15) is 0 Å². The first-order valence-electron chi connectivity index (χ1n) is 8.30. The van der Waals surface area contributed by atoms with E-state index in [0.717, 1.165) is 49.6 Å². The Bertz CT molecular complexity index is 1170. The van der Waals surface area contributed by atoms with Crippen molar-refractivity contribution in [1.82, 2.24) is 9.97 Å². The van der Waals surface area contributed by atoms with E-state index in [0.29, 0.717) is 11.5 Å². The first-order chi connectivity index (χ1) is 12.6. The van der Waals surface area contributed by atoms with Crippen LogP contribution in [0.15, 0.2) is 30.5 Å². The van der Waals surface area contributed by atoms with E-state index in [2.05, 4.69) is 10.3 Å². The van der Waals surface area contributed by atoms with Gasteiger partial charge in [-0.3, -0.25) is 4.98 Å². The largest absolute Gasteiger partial charge is 0.493 e. The van der Waals surface area contributed by atoms with Gasteiger partial charge in [0.15, 0.2) is 11.5 Å². The minimum absolute atomic E-state index is 0.652. The number of nitrogen functional groups attached to an aromatic ring is 1. The summed E-state index contributed by atoms with van der Waals surface area (Å²) in [4.78, 5) is 9.39. The zero-order valence-electron chi connectivity index (χ0n) is 15.2. The Morgan fingerprint density at radius 2 is 1.73 bits per heavy atom. The van der Waals surface area contributed by atoms with Crippen LogP contribution in [-0.2, 0) is 0 Å². The van der Waals surface area contributed by atoms with E-state index in [1.165, 1.54) is 0 Å². The summed E-state index contributed by atoms with van der Waals surface area (Å²) in [5.41, 5.74) is 9.51. The lowest BCUT2D eigenvalue weighted by Gasteiger charge is -2.15. The van der Waals surface area contributed by atoms with Crippen LogP contribution in [0.5, 0.6) is 11.5 Å². The van der Waals surface area contributed by atoms with Gasteiger partial charge in [0.2, 0.25) is 0 Å². The predicted molar refractivity (Wildman–Crippen MR) is 106 cm³/mol. The number of benzene rings is 2. The second kappa shape index (κ2) is 5.91. The molecule has 0 unspecified atom stereocenters. The van der Waals surface area contributed by atoms with Crippen LogP contribution in [-0.4, -0.2) is 31.2 Å². The molecule has 0 radical (unpaired) electrons. The molecule has 2 aromatic heterocycles.